The number of hydrogen-bond donors (Lipinski definition) is 0. The van der Waals surface area contributed by atoms with E-state index in [9.17, 15) is 4.79 Å². The van der Waals surface area contributed by atoms with Crippen LogP contribution in [0.2, 0.25) is 0 Å². The summed E-state index contributed by atoms with van der Waals surface area (Å²) >= 11 is 0. The van der Waals surface area contributed by atoms with Crippen molar-refractivity contribution < 1.29 is 14.3 Å². The van der Waals surface area contributed by atoms with Crippen LogP contribution in [0.5, 0.6) is 11.5 Å². The predicted octanol–water partition coefficient (Wildman–Crippen LogP) is 5.62. The molecule has 4 nitrogen and oxygen atoms in total. The fraction of sp³-hybridized carbons (Fsp3) is 0.321. The lowest BCUT2D eigenvalue weighted by molar-refractivity contribution is -0.152. The molecule has 0 aromatic heterocycles. The molecule has 1 aliphatic rings. The first-order valence-corrected chi connectivity index (χ1v) is 11.5. The number of carbonyl (C=O) groups excluding carboxylic acids is 1. The maximum Gasteiger partial charge on any atom is 0.316 e. The number of piperidine rings is 1. The molecule has 166 valence electrons. The molecule has 1 heterocycles. The first kappa shape index (κ1) is 22.1. The number of benzene rings is 3. The molecule has 3 aromatic carbocycles. The minimum absolute atomic E-state index is 0.146. The van der Waals surface area contributed by atoms with Gasteiger partial charge in [-0.05, 0) is 63.0 Å². The summed E-state index contributed by atoms with van der Waals surface area (Å²) in [6, 6.07) is 28.2. The van der Waals surface area contributed by atoms with Gasteiger partial charge in [-0.15, -0.1) is 0 Å². The second kappa shape index (κ2) is 10.5. The SMILES string of the molecule is CCOC(=O)C1(c2ccccc2Oc2ccccc2)CCN(CCc2ccccc2)CC1. The monoisotopic (exact) mass is 429 g/mol. The van der Waals surface area contributed by atoms with Crippen molar-refractivity contribution in [1.82, 2.24) is 4.90 Å². The second-order valence-electron chi connectivity index (χ2n) is 8.29. The molecule has 0 N–H and O–H groups in total. The molecule has 1 saturated heterocycles. The molecule has 0 amide bonds. The van der Waals surface area contributed by atoms with Crippen LogP contribution in [-0.2, 0) is 21.4 Å². The maximum atomic E-state index is 13.3. The van der Waals surface area contributed by atoms with Crippen LogP contribution in [-0.4, -0.2) is 37.1 Å². The van der Waals surface area contributed by atoms with E-state index in [1.54, 1.807) is 0 Å². The molecule has 4 rings (SSSR count). The van der Waals surface area contributed by atoms with Gasteiger partial charge >= 0.3 is 5.97 Å². The highest BCUT2D eigenvalue weighted by atomic mass is 16.5. The Morgan fingerprint density at radius 1 is 0.875 bits per heavy atom. The van der Waals surface area contributed by atoms with Crippen molar-refractivity contribution in [3.8, 4) is 11.5 Å². The molecule has 0 unspecified atom stereocenters. The summed E-state index contributed by atoms with van der Waals surface area (Å²) in [6.07, 6.45) is 2.45. The largest absolute Gasteiger partial charge is 0.465 e. The standard InChI is InChI=1S/C28H31NO3/c1-2-31-27(30)28(18-21-29(22-19-28)20-17-23-11-5-3-6-12-23)25-15-9-10-16-26(25)32-24-13-7-4-8-14-24/h3-16H,2,17-22H2,1H3. The number of carbonyl (C=O) groups is 1. The van der Waals surface area contributed by atoms with Gasteiger partial charge in [-0.3, -0.25) is 4.79 Å². The molecule has 0 atom stereocenters. The van der Waals surface area contributed by atoms with E-state index in [1.165, 1.54) is 5.56 Å². The number of esters is 1. The van der Waals surface area contributed by atoms with Crippen molar-refractivity contribution in [2.75, 3.05) is 26.2 Å². The molecule has 32 heavy (non-hydrogen) atoms. The summed E-state index contributed by atoms with van der Waals surface area (Å²) in [5.74, 6) is 1.34. The number of ether oxygens (including phenoxy) is 2. The smallest absolute Gasteiger partial charge is 0.316 e. The quantitative estimate of drug-likeness (QED) is 0.436. The molecule has 1 aliphatic heterocycles. The highest BCUT2D eigenvalue weighted by Gasteiger charge is 2.46. The van der Waals surface area contributed by atoms with E-state index in [0.29, 0.717) is 6.61 Å². The Morgan fingerprint density at radius 3 is 2.19 bits per heavy atom. The molecular formula is C28H31NO3. The third-order valence-electron chi connectivity index (χ3n) is 6.31. The highest BCUT2D eigenvalue weighted by Crippen LogP contribution is 2.42. The van der Waals surface area contributed by atoms with Crippen LogP contribution in [0.3, 0.4) is 0 Å². The number of para-hydroxylation sites is 2. The van der Waals surface area contributed by atoms with E-state index in [2.05, 4.69) is 29.2 Å². The minimum atomic E-state index is -0.690. The van der Waals surface area contributed by atoms with Crippen LogP contribution in [0.15, 0.2) is 84.9 Å². The number of nitrogens with zero attached hydrogens (tertiary/aromatic N) is 1. The second-order valence-corrected chi connectivity index (χ2v) is 8.29. The van der Waals surface area contributed by atoms with Crippen molar-refractivity contribution in [2.45, 2.75) is 31.6 Å². The number of hydrogen-bond acceptors (Lipinski definition) is 4. The van der Waals surface area contributed by atoms with Crippen molar-refractivity contribution in [3.05, 3.63) is 96.1 Å². The Kier molecular flexibility index (Phi) is 7.23. The number of likely N-dealkylation sites (tertiary alicyclic amines) is 1. The van der Waals surface area contributed by atoms with Gasteiger partial charge in [-0.1, -0.05) is 66.7 Å². The van der Waals surface area contributed by atoms with Crippen LogP contribution >= 0.6 is 0 Å². The van der Waals surface area contributed by atoms with E-state index in [1.807, 2.05) is 67.6 Å². The Balaban J connectivity index is 1.54. The summed E-state index contributed by atoms with van der Waals surface area (Å²) in [4.78, 5) is 15.8. The van der Waals surface area contributed by atoms with Gasteiger partial charge in [-0.2, -0.15) is 0 Å². The topological polar surface area (TPSA) is 38.8 Å². The van der Waals surface area contributed by atoms with E-state index in [0.717, 1.165) is 56.0 Å². The Labute approximate surface area is 190 Å². The third kappa shape index (κ3) is 5.03. The van der Waals surface area contributed by atoms with Crippen LogP contribution in [0.25, 0.3) is 0 Å². The van der Waals surface area contributed by atoms with Gasteiger partial charge < -0.3 is 14.4 Å². The van der Waals surface area contributed by atoms with Crippen molar-refractivity contribution >= 4 is 5.97 Å². The molecule has 4 heteroatoms. The van der Waals surface area contributed by atoms with E-state index >= 15 is 0 Å². The van der Waals surface area contributed by atoms with Crippen LogP contribution < -0.4 is 4.74 Å². The Bertz CT molecular complexity index is 995. The van der Waals surface area contributed by atoms with E-state index in [-0.39, 0.29) is 5.97 Å². The van der Waals surface area contributed by atoms with Gasteiger partial charge in [0.1, 0.15) is 11.5 Å². The minimum Gasteiger partial charge on any atom is -0.465 e. The van der Waals surface area contributed by atoms with Crippen molar-refractivity contribution in [3.63, 3.8) is 0 Å². The zero-order chi connectivity index (χ0) is 22.2. The van der Waals surface area contributed by atoms with Gasteiger partial charge in [0.05, 0.1) is 12.0 Å². The van der Waals surface area contributed by atoms with Crippen LogP contribution in [0.1, 0.15) is 30.9 Å². The van der Waals surface area contributed by atoms with E-state index < -0.39 is 5.41 Å². The third-order valence-corrected chi connectivity index (χ3v) is 6.31. The molecule has 0 bridgehead atoms. The summed E-state index contributed by atoms with van der Waals surface area (Å²) in [5, 5.41) is 0. The molecule has 1 fully saturated rings. The van der Waals surface area contributed by atoms with Gasteiger partial charge in [0.25, 0.3) is 0 Å². The molecule has 0 saturated carbocycles. The van der Waals surface area contributed by atoms with Gasteiger partial charge in [-0.25, -0.2) is 0 Å². The zero-order valence-corrected chi connectivity index (χ0v) is 18.7. The fourth-order valence-electron chi connectivity index (χ4n) is 4.51. The average Bonchev–Trinajstić information content (AvgIpc) is 2.85. The van der Waals surface area contributed by atoms with Crippen molar-refractivity contribution in [1.29, 1.82) is 0 Å². The molecule has 0 aliphatic carbocycles. The Hall–Kier alpha value is -3.11. The lowest BCUT2D eigenvalue weighted by Crippen LogP contribution is -2.48. The van der Waals surface area contributed by atoms with Gasteiger partial charge in [0, 0.05) is 12.1 Å². The number of rotatable bonds is 8. The summed E-state index contributed by atoms with van der Waals surface area (Å²) in [6.45, 7) is 4.94. The summed E-state index contributed by atoms with van der Waals surface area (Å²) in [5.41, 5.74) is 1.58. The summed E-state index contributed by atoms with van der Waals surface area (Å²) < 4.78 is 11.8. The zero-order valence-electron chi connectivity index (χ0n) is 18.7. The maximum absolute atomic E-state index is 13.3. The van der Waals surface area contributed by atoms with Crippen LogP contribution in [0.4, 0.5) is 0 Å². The predicted molar refractivity (Wildman–Crippen MR) is 127 cm³/mol. The van der Waals surface area contributed by atoms with Gasteiger partial charge in [0.15, 0.2) is 0 Å². The molecule has 3 aromatic rings. The fourth-order valence-corrected chi connectivity index (χ4v) is 4.51. The first-order valence-electron chi connectivity index (χ1n) is 11.5. The van der Waals surface area contributed by atoms with E-state index in [4.69, 9.17) is 9.47 Å². The Morgan fingerprint density at radius 2 is 1.50 bits per heavy atom. The lowest BCUT2D eigenvalue weighted by atomic mass is 9.72. The molecule has 0 spiro atoms. The van der Waals surface area contributed by atoms with Crippen LogP contribution in [0, 0.1) is 0 Å². The average molecular weight is 430 g/mol. The highest BCUT2D eigenvalue weighted by molar-refractivity contribution is 5.84. The van der Waals surface area contributed by atoms with Crippen molar-refractivity contribution in [2.24, 2.45) is 0 Å². The normalized spacial score (nSPS) is 15.8. The molecular weight excluding hydrogens is 398 g/mol. The summed E-state index contributed by atoms with van der Waals surface area (Å²) in [7, 11) is 0. The first-order chi connectivity index (χ1) is 15.7. The van der Waals surface area contributed by atoms with Gasteiger partial charge in [0.2, 0.25) is 0 Å². The lowest BCUT2D eigenvalue weighted by Gasteiger charge is -2.40. The molecule has 0 radical (unpaired) electrons.